The summed E-state index contributed by atoms with van der Waals surface area (Å²) in [6.45, 7) is -0.244. The van der Waals surface area contributed by atoms with Crippen LogP contribution in [0.3, 0.4) is 0 Å². The molecule has 1 heterocycles. The first-order valence-electron chi connectivity index (χ1n) is 4.19. The van der Waals surface area contributed by atoms with Gasteiger partial charge in [-0.05, 0) is 23.2 Å². The molecule has 1 aliphatic rings. The van der Waals surface area contributed by atoms with E-state index < -0.39 is 18.9 Å². The number of fused-ring (bicyclic) bond motifs is 1. The molecule has 7 heteroatoms. The predicted molar refractivity (Wildman–Crippen MR) is 48.3 cm³/mol. The third-order valence-corrected chi connectivity index (χ3v) is 2.26. The zero-order chi connectivity index (χ0) is 11.2. The van der Waals surface area contributed by atoms with E-state index in [4.69, 9.17) is 10.4 Å². The molecule has 0 unspecified atom stereocenters. The van der Waals surface area contributed by atoms with Gasteiger partial charge in [-0.2, -0.15) is 13.2 Å². The van der Waals surface area contributed by atoms with Crippen LogP contribution in [-0.4, -0.2) is 12.1 Å². The summed E-state index contributed by atoms with van der Waals surface area (Å²) in [5, 5.41) is 9.25. The molecule has 15 heavy (non-hydrogen) atoms. The average Bonchev–Trinajstić information content (AvgIpc) is 2.45. The molecule has 0 saturated carbocycles. The fourth-order valence-corrected chi connectivity index (χ4v) is 1.60. The maximum atomic E-state index is 12.6. The van der Waals surface area contributed by atoms with E-state index in [1.807, 2.05) is 0 Å². The third kappa shape index (κ3) is 1.68. The molecule has 0 radical (unpaired) electrons. The molecule has 0 bridgehead atoms. The van der Waals surface area contributed by atoms with Crippen LogP contribution in [0.1, 0.15) is 11.1 Å². The first kappa shape index (κ1) is 10.3. The normalized spacial score (nSPS) is 15.6. The van der Waals surface area contributed by atoms with Gasteiger partial charge in [0.25, 0.3) is 0 Å². The standard InChI is InChI=1S/C8H7BF3NO2/c10-8(11,12)6-1-4(13)2-7-5(6)3-15-9(7)14/h1-2,14H,3,13H2. The molecule has 3 N–H and O–H groups in total. The zero-order valence-corrected chi connectivity index (χ0v) is 7.51. The Morgan fingerprint density at radius 1 is 1.40 bits per heavy atom. The van der Waals surface area contributed by atoms with E-state index in [1.165, 1.54) is 6.07 Å². The third-order valence-electron chi connectivity index (χ3n) is 2.26. The summed E-state index contributed by atoms with van der Waals surface area (Å²) < 4.78 is 42.4. The van der Waals surface area contributed by atoms with E-state index >= 15 is 0 Å². The van der Waals surface area contributed by atoms with Crippen molar-refractivity contribution in [2.75, 3.05) is 5.73 Å². The molecular formula is C8H7BF3NO2. The maximum absolute atomic E-state index is 12.6. The van der Waals surface area contributed by atoms with Crippen molar-refractivity contribution in [3.05, 3.63) is 23.3 Å². The number of benzene rings is 1. The van der Waals surface area contributed by atoms with Crippen LogP contribution >= 0.6 is 0 Å². The van der Waals surface area contributed by atoms with Gasteiger partial charge in [-0.25, -0.2) is 0 Å². The molecule has 0 spiro atoms. The second kappa shape index (κ2) is 3.14. The SMILES string of the molecule is Nc1cc2c(c(C(F)(F)F)c1)COB2O. The van der Waals surface area contributed by atoms with Crippen LogP contribution < -0.4 is 11.2 Å². The van der Waals surface area contributed by atoms with Crippen LogP contribution in [0.25, 0.3) is 0 Å². The molecule has 80 valence electrons. The number of alkyl halides is 3. The molecule has 0 amide bonds. The summed E-state index contributed by atoms with van der Waals surface area (Å²) in [4.78, 5) is 0. The summed E-state index contributed by atoms with van der Waals surface area (Å²) >= 11 is 0. The smallest absolute Gasteiger partial charge is 0.423 e. The molecule has 0 atom stereocenters. The van der Waals surface area contributed by atoms with Gasteiger partial charge in [0.1, 0.15) is 0 Å². The highest BCUT2D eigenvalue weighted by Crippen LogP contribution is 2.34. The van der Waals surface area contributed by atoms with Gasteiger partial charge in [0.2, 0.25) is 0 Å². The highest BCUT2D eigenvalue weighted by atomic mass is 19.4. The van der Waals surface area contributed by atoms with Gasteiger partial charge in [-0.3, -0.25) is 0 Å². The lowest BCUT2D eigenvalue weighted by molar-refractivity contribution is -0.138. The highest BCUT2D eigenvalue weighted by Gasteiger charge is 2.39. The summed E-state index contributed by atoms with van der Waals surface area (Å²) in [5.41, 5.74) is 4.51. The van der Waals surface area contributed by atoms with Crippen molar-refractivity contribution in [1.82, 2.24) is 0 Å². The van der Waals surface area contributed by atoms with Crippen molar-refractivity contribution in [1.29, 1.82) is 0 Å². The second-order valence-electron chi connectivity index (χ2n) is 3.30. The minimum Gasteiger partial charge on any atom is -0.423 e. The van der Waals surface area contributed by atoms with Crippen molar-refractivity contribution in [3.63, 3.8) is 0 Å². The Kier molecular flexibility index (Phi) is 2.16. The Bertz CT molecular complexity index is 408. The van der Waals surface area contributed by atoms with Crippen molar-refractivity contribution >= 4 is 18.3 Å². The quantitative estimate of drug-likeness (QED) is 0.491. The average molecular weight is 217 g/mol. The molecule has 1 aromatic carbocycles. The van der Waals surface area contributed by atoms with Gasteiger partial charge in [-0.1, -0.05) is 0 Å². The fraction of sp³-hybridized carbons (Fsp3) is 0.250. The Balaban J connectivity index is 2.62. The van der Waals surface area contributed by atoms with Crippen LogP contribution in [0.2, 0.25) is 0 Å². The van der Waals surface area contributed by atoms with Gasteiger partial charge in [0.05, 0.1) is 12.2 Å². The number of rotatable bonds is 0. The topological polar surface area (TPSA) is 55.5 Å². The van der Waals surface area contributed by atoms with Crippen LogP contribution in [0.5, 0.6) is 0 Å². The van der Waals surface area contributed by atoms with E-state index in [0.717, 1.165) is 6.07 Å². The number of halogens is 3. The Morgan fingerprint density at radius 2 is 2.07 bits per heavy atom. The molecule has 1 aromatic rings. The summed E-state index contributed by atoms with van der Waals surface area (Å²) in [5.74, 6) is 0. The largest absolute Gasteiger partial charge is 0.491 e. The molecular weight excluding hydrogens is 210 g/mol. The van der Waals surface area contributed by atoms with Crippen LogP contribution in [-0.2, 0) is 17.4 Å². The van der Waals surface area contributed by atoms with E-state index in [1.54, 1.807) is 0 Å². The van der Waals surface area contributed by atoms with Crippen molar-refractivity contribution < 1.29 is 22.8 Å². The van der Waals surface area contributed by atoms with Gasteiger partial charge in [-0.15, -0.1) is 0 Å². The summed E-state index contributed by atoms with van der Waals surface area (Å²) in [7, 11) is -1.32. The van der Waals surface area contributed by atoms with E-state index in [0.29, 0.717) is 0 Å². The number of anilines is 1. The van der Waals surface area contributed by atoms with Crippen molar-refractivity contribution in [2.24, 2.45) is 0 Å². The minimum absolute atomic E-state index is 0.0365. The monoisotopic (exact) mass is 217 g/mol. The van der Waals surface area contributed by atoms with Crippen LogP contribution in [0.4, 0.5) is 18.9 Å². The van der Waals surface area contributed by atoms with Crippen molar-refractivity contribution in [2.45, 2.75) is 12.8 Å². The van der Waals surface area contributed by atoms with Gasteiger partial charge < -0.3 is 15.4 Å². The molecule has 3 nitrogen and oxygen atoms in total. The van der Waals surface area contributed by atoms with Crippen molar-refractivity contribution in [3.8, 4) is 0 Å². The lowest BCUT2D eigenvalue weighted by Gasteiger charge is -2.12. The Labute approximate surface area is 83.8 Å². The number of hydrogen-bond acceptors (Lipinski definition) is 3. The summed E-state index contributed by atoms with van der Waals surface area (Å²) in [6.07, 6.45) is -4.48. The minimum atomic E-state index is -4.48. The van der Waals surface area contributed by atoms with Gasteiger partial charge in [0.15, 0.2) is 0 Å². The fourth-order valence-electron chi connectivity index (χ4n) is 1.60. The number of hydrogen-bond donors (Lipinski definition) is 2. The van der Waals surface area contributed by atoms with Crippen LogP contribution in [0, 0.1) is 0 Å². The van der Waals surface area contributed by atoms with E-state index in [2.05, 4.69) is 0 Å². The second-order valence-corrected chi connectivity index (χ2v) is 3.30. The first-order chi connectivity index (χ1) is 6.89. The number of nitrogen functional groups attached to an aromatic ring is 1. The Hall–Kier alpha value is -1.21. The zero-order valence-electron chi connectivity index (χ0n) is 7.51. The molecule has 0 aliphatic carbocycles. The number of nitrogens with two attached hydrogens (primary N) is 1. The first-order valence-corrected chi connectivity index (χ1v) is 4.19. The predicted octanol–water partition coefficient (Wildman–Crippen LogP) is 0.505. The van der Waals surface area contributed by atoms with Gasteiger partial charge in [0, 0.05) is 5.69 Å². The highest BCUT2D eigenvalue weighted by molar-refractivity contribution is 6.61. The molecule has 2 rings (SSSR count). The molecule has 0 fully saturated rings. The van der Waals surface area contributed by atoms with E-state index in [9.17, 15) is 18.2 Å². The van der Waals surface area contributed by atoms with Gasteiger partial charge >= 0.3 is 13.3 Å². The van der Waals surface area contributed by atoms with E-state index in [-0.39, 0.29) is 23.3 Å². The Morgan fingerprint density at radius 3 is 2.67 bits per heavy atom. The lowest BCUT2D eigenvalue weighted by Crippen LogP contribution is -2.29. The maximum Gasteiger partial charge on any atom is 0.491 e. The lowest BCUT2D eigenvalue weighted by atomic mass is 9.78. The molecule has 1 aliphatic heterocycles. The van der Waals surface area contributed by atoms with Crippen LogP contribution in [0.15, 0.2) is 12.1 Å². The molecule has 0 aromatic heterocycles. The molecule has 0 saturated heterocycles. The summed E-state index contributed by atoms with van der Waals surface area (Å²) in [6, 6.07) is 2.14.